The van der Waals surface area contributed by atoms with Crippen LogP contribution in [0.4, 0.5) is 5.69 Å². The van der Waals surface area contributed by atoms with Gasteiger partial charge in [-0.3, -0.25) is 0 Å². The number of hydrogen-bond donors (Lipinski definition) is 1. The molecule has 1 saturated heterocycles. The molecule has 1 aliphatic rings. The predicted molar refractivity (Wildman–Crippen MR) is 103 cm³/mol. The Morgan fingerprint density at radius 1 is 1.24 bits per heavy atom. The van der Waals surface area contributed by atoms with E-state index in [0.717, 1.165) is 44.7 Å². The second-order valence-electron chi connectivity index (χ2n) is 8.06. The first-order valence-corrected chi connectivity index (χ1v) is 10.4. The number of rotatable bonds is 6. The maximum absolute atomic E-state index is 12.4. The summed E-state index contributed by atoms with van der Waals surface area (Å²) in [4.78, 5) is 8.89. The van der Waals surface area contributed by atoms with Crippen LogP contribution in [-0.4, -0.2) is 74.3 Å². The highest BCUT2D eigenvalue weighted by Gasteiger charge is 2.32. The Morgan fingerprint density at radius 2 is 1.88 bits per heavy atom. The number of aromatic nitrogens is 1. The topological polar surface area (TPSA) is 65.5 Å². The van der Waals surface area contributed by atoms with Crippen LogP contribution in [0.5, 0.6) is 0 Å². The molecule has 1 aromatic rings. The van der Waals surface area contributed by atoms with Gasteiger partial charge in [0.2, 0.25) is 0 Å². The second kappa shape index (κ2) is 8.01. The molecule has 0 aliphatic carbocycles. The fourth-order valence-corrected chi connectivity index (χ4v) is 3.88. The minimum atomic E-state index is -3.40. The average molecular weight is 369 g/mol. The molecular weight excluding hydrogens is 336 g/mol. The van der Waals surface area contributed by atoms with Crippen molar-refractivity contribution in [3.05, 3.63) is 18.3 Å². The lowest BCUT2D eigenvalue weighted by Crippen LogP contribution is -2.41. The zero-order chi connectivity index (χ0) is 18.7. The van der Waals surface area contributed by atoms with Crippen LogP contribution in [0.25, 0.3) is 0 Å². The number of likely N-dealkylation sites (tertiary alicyclic amines) is 1. The summed E-state index contributed by atoms with van der Waals surface area (Å²) in [6, 6.07) is 3.85. The Labute approximate surface area is 152 Å². The smallest absolute Gasteiger partial charge is 0.200 e. The van der Waals surface area contributed by atoms with Crippen molar-refractivity contribution in [2.24, 2.45) is 0 Å². The Hall–Kier alpha value is -1.18. The lowest BCUT2D eigenvalue weighted by molar-refractivity contribution is 0.199. The van der Waals surface area contributed by atoms with Gasteiger partial charge in [-0.2, -0.15) is 0 Å². The van der Waals surface area contributed by atoms with Crippen molar-refractivity contribution < 1.29 is 8.42 Å². The minimum Gasteiger partial charge on any atom is -0.381 e. The molecule has 6 nitrogen and oxygen atoms in total. The molecule has 1 N–H and O–H groups in total. The molecule has 0 amide bonds. The molecule has 1 fully saturated rings. The molecule has 0 radical (unpaired) electrons. The molecule has 0 atom stereocenters. The van der Waals surface area contributed by atoms with Crippen molar-refractivity contribution in [1.82, 2.24) is 14.8 Å². The lowest BCUT2D eigenvalue weighted by Gasteiger charge is -2.33. The summed E-state index contributed by atoms with van der Waals surface area (Å²) in [6.45, 7) is 9.47. The average Bonchev–Trinajstić information content (AvgIpc) is 2.53. The number of anilines is 1. The zero-order valence-corrected chi connectivity index (χ0v) is 16.9. The molecule has 1 aliphatic heterocycles. The van der Waals surface area contributed by atoms with E-state index in [4.69, 9.17) is 0 Å². The third-order valence-corrected chi connectivity index (χ3v) is 7.04. The Balaban J connectivity index is 1.89. The van der Waals surface area contributed by atoms with E-state index in [1.54, 1.807) is 33.0 Å². The predicted octanol–water partition coefficient (Wildman–Crippen LogP) is 2.09. The van der Waals surface area contributed by atoms with Crippen LogP contribution >= 0.6 is 0 Å². The molecule has 0 spiro atoms. The van der Waals surface area contributed by atoms with Crippen molar-refractivity contribution in [2.75, 3.05) is 45.6 Å². The van der Waals surface area contributed by atoms with Gasteiger partial charge in [-0.05, 0) is 59.8 Å². The van der Waals surface area contributed by atoms with Gasteiger partial charge >= 0.3 is 0 Å². The van der Waals surface area contributed by atoms with Gasteiger partial charge in [-0.15, -0.1) is 0 Å². The largest absolute Gasteiger partial charge is 0.381 e. The molecule has 0 bridgehead atoms. The third-order valence-electron chi connectivity index (χ3n) is 4.64. The highest BCUT2D eigenvalue weighted by molar-refractivity contribution is 7.92. The Bertz CT molecular complexity index is 643. The van der Waals surface area contributed by atoms with Crippen molar-refractivity contribution in [3.8, 4) is 0 Å². The fourth-order valence-electron chi connectivity index (χ4n) is 2.82. The number of sulfone groups is 1. The molecule has 0 saturated carbocycles. The van der Waals surface area contributed by atoms with Gasteiger partial charge in [-0.25, -0.2) is 13.4 Å². The molecular formula is C18H32N4O2S. The number of hydrogen-bond acceptors (Lipinski definition) is 6. The first-order chi connectivity index (χ1) is 11.6. The summed E-state index contributed by atoms with van der Waals surface area (Å²) in [6.07, 6.45) is 3.82. The normalized spacial score (nSPS) is 17.8. The highest BCUT2D eigenvalue weighted by Crippen LogP contribution is 2.24. The number of nitrogens with one attached hydrogen (secondary N) is 1. The van der Waals surface area contributed by atoms with Crippen molar-refractivity contribution in [3.63, 3.8) is 0 Å². The van der Waals surface area contributed by atoms with E-state index in [1.165, 1.54) is 0 Å². The van der Waals surface area contributed by atoms with E-state index in [2.05, 4.69) is 34.2 Å². The van der Waals surface area contributed by atoms with Gasteiger partial charge in [0.25, 0.3) is 0 Å². The summed E-state index contributed by atoms with van der Waals surface area (Å²) in [5, 5.41) is 3.63. The van der Waals surface area contributed by atoms with Crippen molar-refractivity contribution >= 4 is 15.5 Å². The van der Waals surface area contributed by atoms with Crippen molar-refractivity contribution in [2.45, 2.75) is 49.4 Å². The van der Waals surface area contributed by atoms with Crippen molar-refractivity contribution in [1.29, 1.82) is 0 Å². The van der Waals surface area contributed by atoms with Gasteiger partial charge in [0.15, 0.2) is 14.9 Å². The minimum absolute atomic E-state index is 0.143. The standard InChI is InChI=1S/C18H32N4O2S/c1-18(2,3)25(23,24)17-7-6-16(14-19-17)20-15-8-10-22(11-9-15)13-12-21(4)5/h6-7,14-15,20H,8-13H2,1-5H3. The Kier molecular flexibility index (Phi) is 6.45. The molecule has 25 heavy (non-hydrogen) atoms. The third kappa shape index (κ3) is 5.39. The number of piperidine rings is 1. The van der Waals surface area contributed by atoms with Gasteiger partial charge < -0.3 is 15.1 Å². The van der Waals surface area contributed by atoms with E-state index < -0.39 is 14.6 Å². The van der Waals surface area contributed by atoms with Crippen LogP contribution in [-0.2, 0) is 9.84 Å². The zero-order valence-electron chi connectivity index (χ0n) is 16.1. The molecule has 2 rings (SSSR count). The summed E-state index contributed by atoms with van der Waals surface area (Å²) in [7, 11) is 0.808. The molecule has 142 valence electrons. The summed E-state index contributed by atoms with van der Waals surface area (Å²) in [5.74, 6) is 0. The monoisotopic (exact) mass is 368 g/mol. The highest BCUT2D eigenvalue weighted by atomic mass is 32.2. The molecule has 7 heteroatoms. The fraction of sp³-hybridized carbons (Fsp3) is 0.722. The summed E-state index contributed by atoms with van der Waals surface area (Å²) >= 11 is 0. The Morgan fingerprint density at radius 3 is 2.36 bits per heavy atom. The van der Waals surface area contributed by atoms with E-state index in [9.17, 15) is 8.42 Å². The first kappa shape index (κ1) is 20.1. The SMILES string of the molecule is CN(C)CCN1CCC(Nc2ccc(S(=O)(=O)C(C)(C)C)nc2)CC1. The quantitative estimate of drug-likeness (QED) is 0.829. The van der Waals surface area contributed by atoms with Crippen LogP contribution in [0.15, 0.2) is 23.4 Å². The second-order valence-corrected chi connectivity index (χ2v) is 10.7. The van der Waals surface area contributed by atoms with Crippen LogP contribution in [0.3, 0.4) is 0 Å². The van der Waals surface area contributed by atoms with E-state index in [0.29, 0.717) is 6.04 Å². The van der Waals surface area contributed by atoms with Gasteiger partial charge in [0, 0.05) is 32.2 Å². The summed E-state index contributed by atoms with van der Waals surface area (Å²) in [5.41, 5.74) is 0.889. The number of pyridine rings is 1. The van der Waals surface area contributed by atoms with Crippen LogP contribution in [0.2, 0.25) is 0 Å². The van der Waals surface area contributed by atoms with Crippen LogP contribution in [0.1, 0.15) is 33.6 Å². The lowest BCUT2D eigenvalue weighted by atomic mass is 10.0. The molecule has 0 unspecified atom stereocenters. The van der Waals surface area contributed by atoms with Gasteiger partial charge in [-0.1, -0.05) is 0 Å². The van der Waals surface area contributed by atoms with E-state index >= 15 is 0 Å². The van der Waals surface area contributed by atoms with Gasteiger partial charge in [0.05, 0.1) is 16.6 Å². The molecule has 2 heterocycles. The molecule has 0 aromatic carbocycles. The van der Waals surface area contributed by atoms with Gasteiger partial charge in [0.1, 0.15) is 0 Å². The number of likely N-dealkylation sites (N-methyl/N-ethyl adjacent to an activating group) is 1. The molecule has 1 aromatic heterocycles. The maximum atomic E-state index is 12.4. The first-order valence-electron chi connectivity index (χ1n) is 8.94. The van der Waals surface area contributed by atoms with E-state index in [-0.39, 0.29) is 5.03 Å². The summed E-state index contributed by atoms with van der Waals surface area (Å²) < 4.78 is 24.0. The van der Waals surface area contributed by atoms with Crippen LogP contribution in [0, 0.1) is 0 Å². The van der Waals surface area contributed by atoms with E-state index in [1.807, 2.05) is 6.07 Å². The van der Waals surface area contributed by atoms with Crippen LogP contribution < -0.4 is 5.32 Å². The number of nitrogens with zero attached hydrogens (tertiary/aromatic N) is 3. The maximum Gasteiger partial charge on any atom is 0.200 e.